The molecule has 3 atom stereocenters. The lowest BCUT2D eigenvalue weighted by molar-refractivity contribution is -0.139. The molecule has 2 fully saturated rings. The molecule has 0 heterocycles. The number of aliphatic carboxylic acids is 1. The van der Waals surface area contributed by atoms with Gasteiger partial charge >= 0.3 is 5.97 Å². The zero-order chi connectivity index (χ0) is 8.77. The average Bonchev–Trinajstić information content (AvgIpc) is 1.99. The van der Waals surface area contributed by atoms with Crippen molar-refractivity contribution < 1.29 is 9.90 Å². The van der Waals surface area contributed by atoms with Gasteiger partial charge < -0.3 is 10.8 Å². The van der Waals surface area contributed by atoms with Crippen LogP contribution in [0, 0.1) is 11.8 Å². The Bertz CT molecular complexity index is 217. The third-order valence-corrected chi connectivity index (χ3v) is 3.62. The van der Waals surface area contributed by atoms with E-state index in [0.29, 0.717) is 5.92 Å². The maximum absolute atomic E-state index is 10.6. The molecule has 0 radical (unpaired) electrons. The quantitative estimate of drug-likeness (QED) is 0.647. The van der Waals surface area contributed by atoms with Crippen molar-refractivity contribution >= 4 is 5.97 Å². The van der Waals surface area contributed by atoms with Gasteiger partial charge in [0.25, 0.3) is 0 Å². The molecule has 2 aliphatic rings. The van der Waals surface area contributed by atoms with Crippen LogP contribution in [0.3, 0.4) is 0 Å². The van der Waals surface area contributed by atoms with Gasteiger partial charge in [0.15, 0.2) is 0 Å². The van der Waals surface area contributed by atoms with E-state index in [-0.39, 0.29) is 12.0 Å². The molecule has 0 saturated heterocycles. The number of carboxylic acid groups (broad SMARTS) is 1. The van der Waals surface area contributed by atoms with E-state index in [1.54, 1.807) is 0 Å². The first-order valence-corrected chi connectivity index (χ1v) is 4.62. The van der Waals surface area contributed by atoms with E-state index in [4.69, 9.17) is 10.8 Å². The highest BCUT2D eigenvalue weighted by atomic mass is 16.4. The molecule has 0 spiro atoms. The number of hydrogen-bond acceptors (Lipinski definition) is 2. The van der Waals surface area contributed by atoms with Gasteiger partial charge in [-0.3, -0.25) is 4.79 Å². The van der Waals surface area contributed by atoms with Crippen molar-refractivity contribution in [2.75, 3.05) is 0 Å². The lowest BCUT2D eigenvalue weighted by atomic mass is 9.69. The van der Waals surface area contributed by atoms with Gasteiger partial charge in [0.1, 0.15) is 0 Å². The van der Waals surface area contributed by atoms with E-state index in [2.05, 4.69) is 0 Å². The Hall–Kier alpha value is -0.570. The normalized spacial score (nSPS) is 45.1. The van der Waals surface area contributed by atoms with Crippen LogP contribution < -0.4 is 5.73 Å². The van der Waals surface area contributed by atoms with Crippen molar-refractivity contribution in [1.82, 2.24) is 0 Å². The molecule has 2 saturated carbocycles. The third-order valence-electron chi connectivity index (χ3n) is 3.62. The Kier molecular flexibility index (Phi) is 1.65. The molecular formula is C9H15NO2. The lowest BCUT2D eigenvalue weighted by Gasteiger charge is -2.39. The Morgan fingerprint density at radius 1 is 1.50 bits per heavy atom. The molecule has 0 aliphatic heterocycles. The molecular weight excluding hydrogens is 154 g/mol. The summed E-state index contributed by atoms with van der Waals surface area (Å²) in [6.45, 7) is 0. The Morgan fingerprint density at radius 2 is 2.25 bits per heavy atom. The highest BCUT2D eigenvalue weighted by Gasteiger charge is 2.51. The molecule has 3 N–H and O–H groups in total. The second kappa shape index (κ2) is 2.46. The Morgan fingerprint density at radius 3 is 2.67 bits per heavy atom. The van der Waals surface area contributed by atoms with E-state index >= 15 is 0 Å². The van der Waals surface area contributed by atoms with Crippen molar-refractivity contribution in [2.24, 2.45) is 17.6 Å². The van der Waals surface area contributed by atoms with E-state index in [1.807, 2.05) is 0 Å². The van der Waals surface area contributed by atoms with Crippen LogP contribution in [0.25, 0.3) is 0 Å². The molecule has 0 bridgehead atoms. The third kappa shape index (κ3) is 1.04. The van der Waals surface area contributed by atoms with Crippen molar-refractivity contribution in [3.63, 3.8) is 0 Å². The van der Waals surface area contributed by atoms with Crippen LogP contribution >= 0.6 is 0 Å². The number of rotatable bonds is 2. The van der Waals surface area contributed by atoms with Gasteiger partial charge in [-0.05, 0) is 37.5 Å². The second-order valence-electron chi connectivity index (χ2n) is 4.29. The summed E-state index contributed by atoms with van der Waals surface area (Å²) in [4.78, 5) is 10.6. The predicted molar refractivity (Wildman–Crippen MR) is 44.6 cm³/mol. The Labute approximate surface area is 71.9 Å². The minimum absolute atomic E-state index is 0.161. The summed E-state index contributed by atoms with van der Waals surface area (Å²) in [5.41, 5.74) is 5.70. The Balaban J connectivity index is 2.05. The molecule has 68 valence electrons. The molecule has 2 aliphatic carbocycles. The lowest BCUT2D eigenvalue weighted by Crippen LogP contribution is -2.49. The fourth-order valence-electron chi connectivity index (χ4n) is 2.81. The molecule has 0 aromatic carbocycles. The van der Waals surface area contributed by atoms with Crippen LogP contribution in [-0.2, 0) is 4.79 Å². The highest BCUT2D eigenvalue weighted by molar-refractivity contribution is 5.68. The van der Waals surface area contributed by atoms with Crippen LogP contribution in [0.2, 0.25) is 0 Å². The first-order valence-electron chi connectivity index (χ1n) is 4.62. The van der Waals surface area contributed by atoms with Crippen LogP contribution in [0.15, 0.2) is 0 Å². The molecule has 2 rings (SSSR count). The summed E-state index contributed by atoms with van der Waals surface area (Å²) in [6.07, 6.45) is 4.63. The van der Waals surface area contributed by atoms with Gasteiger partial charge in [0.2, 0.25) is 0 Å². The summed E-state index contributed by atoms with van der Waals surface area (Å²) in [5.74, 6) is 0.507. The smallest absolute Gasteiger partial charge is 0.305 e. The van der Waals surface area contributed by atoms with Crippen molar-refractivity contribution in [3.8, 4) is 0 Å². The van der Waals surface area contributed by atoms with Crippen LogP contribution in [0.5, 0.6) is 0 Å². The van der Waals surface area contributed by atoms with E-state index in [9.17, 15) is 4.79 Å². The van der Waals surface area contributed by atoms with Gasteiger partial charge in [-0.2, -0.15) is 0 Å². The number of carboxylic acids is 1. The van der Waals surface area contributed by atoms with Gasteiger partial charge in [0.05, 0.1) is 6.42 Å². The first-order chi connectivity index (χ1) is 5.62. The van der Waals surface area contributed by atoms with Gasteiger partial charge in [-0.1, -0.05) is 0 Å². The average molecular weight is 169 g/mol. The number of hydrogen-bond donors (Lipinski definition) is 2. The highest BCUT2D eigenvalue weighted by Crippen LogP contribution is 2.52. The molecule has 12 heavy (non-hydrogen) atoms. The van der Waals surface area contributed by atoms with Crippen LogP contribution in [0.4, 0.5) is 0 Å². The zero-order valence-electron chi connectivity index (χ0n) is 7.12. The topological polar surface area (TPSA) is 63.3 Å². The predicted octanol–water partition coefficient (Wildman–Crippen LogP) is 0.979. The summed E-state index contributed by atoms with van der Waals surface area (Å²) < 4.78 is 0. The molecule has 0 aromatic rings. The fourth-order valence-corrected chi connectivity index (χ4v) is 2.81. The standard InChI is InChI=1S/C9H15NO2/c10-9(5-8(11)12)4-3-6-1-2-7(6)9/h6-7H,1-5,10H2,(H,11,12). The minimum Gasteiger partial charge on any atom is -0.481 e. The summed E-state index contributed by atoms with van der Waals surface area (Å²) in [7, 11) is 0. The van der Waals surface area contributed by atoms with E-state index in [0.717, 1.165) is 25.2 Å². The van der Waals surface area contributed by atoms with Gasteiger partial charge in [-0.15, -0.1) is 0 Å². The molecule has 3 heteroatoms. The largest absolute Gasteiger partial charge is 0.481 e. The second-order valence-corrected chi connectivity index (χ2v) is 4.29. The van der Waals surface area contributed by atoms with Crippen molar-refractivity contribution in [2.45, 2.75) is 37.6 Å². The minimum atomic E-state index is -0.745. The maximum Gasteiger partial charge on any atom is 0.305 e. The maximum atomic E-state index is 10.6. The van der Waals surface area contributed by atoms with Crippen LogP contribution in [-0.4, -0.2) is 16.6 Å². The van der Waals surface area contributed by atoms with Crippen molar-refractivity contribution in [3.05, 3.63) is 0 Å². The molecule has 3 nitrogen and oxygen atoms in total. The number of carbonyl (C=O) groups is 1. The van der Waals surface area contributed by atoms with E-state index in [1.165, 1.54) is 6.42 Å². The number of nitrogens with two attached hydrogens (primary N) is 1. The van der Waals surface area contributed by atoms with E-state index < -0.39 is 5.97 Å². The summed E-state index contributed by atoms with van der Waals surface area (Å²) in [6, 6.07) is 0. The summed E-state index contributed by atoms with van der Waals surface area (Å²) in [5, 5.41) is 8.69. The monoisotopic (exact) mass is 169 g/mol. The molecule has 0 amide bonds. The first kappa shape index (κ1) is 8.05. The molecule has 3 unspecified atom stereocenters. The SMILES string of the molecule is NC1(CC(=O)O)CCC2CCC21. The van der Waals surface area contributed by atoms with Crippen molar-refractivity contribution in [1.29, 1.82) is 0 Å². The van der Waals surface area contributed by atoms with Gasteiger partial charge in [-0.25, -0.2) is 0 Å². The van der Waals surface area contributed by atoms with Crippen LogP contribution in [0.1, 0.15) is 32.1 Å². The molecule has 0 aromatic heterocycles. The fraction of sp³-hybridized carbons (Fsp3) is 0.889. The number of fused-ring (bicyclic) bond motifs is 1. The van der Waals surface area contributed by atoms with Gasteiger partial charge in [0, 0.05) is 5.54 Å². The summed E-state index contributed by atoms with van der Waals surface area (Å²) >= 11 is 0. The zero-order valence-corrected chi connectivity index (χ0v) is 7.12.